The summed E-state index contributed by atoms with van der Waals surface area (Å²) in [6, 6.07) is -2.75. The Morgan fingerprint density at radius 1 is 1.18 bits per heavy atom. The van der Waals surface area contributed by atoms with Crippen molar-refractivity contribution in [3.05, 3.63) is 18.2 Å². The van der Waals surface area contributed by atoms with E-state index in [0.29, 0.717) is 25.1 Å². The van der Waals surface area contributed by atoms with Gasteiger partial charge >= 0.3 is 5.97 Å². The van der Waals surface area contributed by atoms with Crippen LogP contribution in [0.5, 0.6) is 0 Å². The van der Waals surface area contributed by atoms with Gasteiger partial charge in [-0.3, -0.25) is 9.59 Å². The summed E-state index contributed by atoms with van der Waals surface area (Å²) in [7, 11) is 0. The number of nitrogens with one attached hydrogen (secondary N) is 3. The van der Waals surface area contributed by atoms with Gasteiger partial charge in [-0.05, 0) is 31.7 Å². The fraction of sp³-hybridized carbons (Fsp3) is 0.667. The van der Waals surface area contributed by atoms with Crippen LogP contribution in [-0.2, 0) is 20.8 Å². The number of carboxylic acid groups (broad SMARTS) is 1. The first-order valence-electron chi connectivity index (χ1n) is 9.51. The second-order valence-corrected chi connectivity index (χ2v) is 7.26. The van der Waals surface area contributed by atoms with Crippen molar-refractivity contribution >= 4 is 17.8 Å². The minimum absolute atomic E-state index is 0.0576. The van der Waals surface area contributed by atoms with Crippen LogP contribution in [0.15, 0.2) is 12.5 Å². The van der Waals surface area contributed by atoms with Gasteiger partial charge < -0.3 is 32.2 Å². The average Bonchev–Trinajstić information content (AvgIpc) is 3.13. The number of carboxylic acids is 1. The predicted molar refractivity (Wildman–Crippen MR) is 104 cm³/mol. The summed E-state index contributed by atoms with van der Waals surface area (Å²) in [5.74, 6) is -2.04. The maximum absolute atomic E-state index is 12.7. The van der Waals surface area contributed by atoms with Crippen molar-refractivity contribution in [1.82, 2.24) is 20.6 Å². The Kier molecular flexibility index (Phi) is 10.2. The Labute approximate surface area is 164 Å². The summed E-state index contributed by atoms with van der Waals surface area (Å²) in [6.45, 7) is 4.35. The van der Waals surface area contributed by atoms with Crippen LogP contribution in [0.25, 0.3) is 0 Å². The molecule has 1 aromatic rings. The minimum atomic E-state index is -1.17. The highest BCUT2D eigenvalue weighted by molar-refractivity contribution is 5.91. The van der Waals surface area contributed by atoms with Gasteiger partial charge in [-0.1, -0.05) is 20.3 Å². The van der Waals surface area contributed by atoms with Crippen LogP contribution in [0, 0.1) is 5.92 Å². The molecule has 10 nitrogen and oxygen atoms in total. The molecule has 2 amide bonds. The molecule has 0 saturated heterocycles. The molecule has 0 unspecified atom stereocenters. The number of carbonyl (C=O) groups excluding carboxylic acids is 2. The highest BCUT2D eigenvalue weighted by Crippen LogP contribution is 2.08. The summed E-state index contributed by atoms with van der Waals surface area (Å²) < 4.78 is 0. The molecule has 0 saturated carbocycles. The van der Waals surface area contributed by atoms with Crippen LogP contribution in [0.1, 0.15) is 45.2 Å². The molecule has 0 aliphatic rings. The van der Waals surface area contributed by atoms with Crippen molar-refractivity contribution in [1.29, 1.82) is 0 Å². The van der Waals surface area contributed by atoms with Crippen LogP contribution in [0.3, 0.4) is 0 Å². The number of nitrogens with two attached hydrogens (primary N) is 2. The van der Waals surface area contributed by atoms with Crippen LogP contribution < -0.4 is 22.1 Å². The Balaban J connectivity index is 2.73. The second kappa shape index (κ2) is 12.1. The lowest BCUT2D eigenvalue weighted by atomic mass is 10.0. The first-order valence-corrected chi connectivity index (χ1v) is 9.51. The SMILES string of the molecule is CC(C)C[C@H](NC(=O)[C@@H](N)CCCCN)C(=O)N[C@@H](Cc1cnc[nH]1)C(=O)O. The van der Waals surface area contributed by atoms with E-state index >= 15 is 0 Å². The Hall–Kier alpha value is -2.46. The van der Waals surface area contributed by atoms with Crippen LogP contribution >= 0.6 is 0 Å². The molecule has 1 aromatic heterocycles. The monoisotopic (exact) mass is 396 g/mol. The fourth-order valence-electron chi connectivity index (χ4n) is 2.71. The zero-order valence-electron chi connectivity index (χ0n) is 16.5. The lowest BCUT2D eigenvalue weighted by Crippen LogP contribution is -2.55. The average molecular weight is 396 g/mol. The lowest BCUT2D eigenvalue weighted by Gasteiger charge is -2.24. The molecular formula is C18H32N6O4. The van der Waals surface area contributed by atoms with Gasteiger partial charge in [-0.2, -0.15) is 0 Å². The number of H-pyrrole nitrogens is 1. The van der Waals surface area contributed by atoms with E-state index in [-0.39, 0.29) is 12.3 Å². The zero-order chi connectivity index (χ0) is 21.1. The summed E-state index contributed by atoms with van der Waals surface area (Å²) in [6.07, 6.45) is 5.31. The maximum atomic E-state index is 12.7. The Bertz CT molecular complexity index is 620. The smallest absolute Gasteiger partial charge is 0.326 e. The number of carbonyl (C=O) groups is 3. The van der Waals surface area contributed by atoms with Gasteiger partial charge in [-0.25, -0.2) is 9.78 Å². The molecule has 8 N–H and O–H groups in total. The molecule has 0 aliphatic heterocycles. The van der Waals surface area contributed by atoms with Crippen molar-refractivity contribution in [3.63, 3.8) is 0 Å². The van der Waals surface area contributed by atoms with Gasteiger partial charge in [0.2, 0.25) is 11.8 Å². The largest absolute Gasteiger partial charge is 0.480 e. The van der Waals surface area contributed by atoms with Crippen molar-refractivity contribution in [2.45, 2.75) is 64.1 Å². The number of hydrogen-bond acceptors (Lipinski definition) is 6. The van der Waals surface area contributed by atoms with E-state index in [2.05, 4.69) is 20.6 Å². The standard InChI is InChI=1S/C18H32N6O4/c1-11(2)7-14(23-16(25)13(20)5-3-4-6-19)17(26)24-15(18(27)28)8-12-9-21-10-22-12/h9-11,13-15H,3-8,19-20H2,1-2H3,(H,21,22)(H,23,25)(H,24,26)(H,27,28)/t13-,14-,15-/m0/s1. The van der Waals surface area contributed by atoms with Gasteiger partial charge in [0.15, 0.2) is 0 Å². The molecule has 1 heterocycles. The quantitative estimate of drug-likeness (QED) is 0.244. The molecule has 0 aliphatic carbocycles. The lowest BCUT2D eigenvalue weighted by molar-refractivity contribution is -0.142. The highest BCUT2D eigenvalue weighted by atomic mass is 16.4. The topological polar surface area (TPSA) is 176 Å². The summed E-state index contributed by atoms with van der Waals surface area (Å²) in [4.78, 5) is 43.2. The van der Waals surface area contributed by atoms with Gasteiger partial charge in [0.05, 0.1) is 12.4 Å². The molecule has 158 valence electrons. The Morgan fingerprint density at radius 3 is 2.39 bits per heavy atom. The normalized spacial score (nSPS) is 14.3. The van der Waals surface area contributed by atoms with Gasteiger partial charge in [0.1, 0.15) is 12.1 Å². The maximum Gasteiger partial charge on any atom is 0.326 e. The van der Waals surface area contributed by atoms with Crippen LogP contribution in [-0.4, -0.2) is 57.5 Å². The van der Waals surface area contributed by atoms with Gasteiger partial charge in [-0.15, -0.1) is 0 Å². The Morgan fingerprint density at radius 2 is 1.86 bits per heavy atom. The predicted octanol–water partition coefficient (Wildman–Crippen LogP) is -0.491. The van der Waals surface area contributed by atoms with E-state index < -0.39 is 35.9 Å². The molecule has 0 bridgehead atoms. The molecule has 10 heteroatoms. The number of nitrogens with zero attached hydrogens (tertiary/aromatic N) is 1. The third-order valence-electron chi connectivity index (χ3n) is 4.24. The minimum Gasteiger partial charge on any atom is -0.480 e. The third-order valence-corrected chi connectivity index (χ3v) is 4.24. The molecule has 0 aromatic carbocycles. The molecule has 0 fully saturated rings. The van der Waals surface area contributed by atoms with Crippen molar-refractivity contribution < 1.29 is 19.5 Å². The van der Waals surface area contributed by atoms with Crippen molar-refractivity contribution in [2.24, 2.45) is 17.4 Å². The molecule has 0 radical (unpaired) electrons. The van der Waals surface area contributed by atoms with E-state index in [1.807, 2.05) is 13.8 Å². The number of amides is 2. The number of hydrogen-bond donors (Lipinski definition) is 6. The van der Waals surface area contributed by atoms with Crippen LogP contribution in [0.2, 0.25) is 0 Å². The zero-order valence-corrected chi connectivity index (χ0v) is 16.5. The van der Waals surface area contributed by atoms with Gasteiger partial charge in [0, 0.05) is 18.3 Å². The third kappa shape index (κ3) is 8.49. The van der Waals surface area contributed by atoms with Gasteiger partial charge in [0.25, 0.3) is 0 Å². The molecule has 1 rings (SSSR count). The summed E-state index contributed by atoms with van der Waals surface area (Å²) in [5.41, 5.74) is 11.9. The molecule has 3 atom stereocenters. The summed E-state index contributed by atoms with van der Waals surface area (Å²) in [5, 5.41) is 14.6. The van der Waals surface area contributed by atoms with E-state index in [4.69, 9.17) is 11.5 Å². The molecule has 28 heavy (non-hydrogen) atoms. The number of unbranched alkanes of at least 4 members (excludes halogenated alkanes) is 1. The van der Waals surface area contributed by atoms with E-state index in [9.17, 15) is 19.5 Å². The molecule has 0 spiro atoms. The first kappa shape index (κ1) is 23.6. The number of aromatic nitrogens is 2. The fourth-order valence-corrected chi connectivity index (χ4v) is 2.71. The summed E-state index contributed by atoms with van der Waals surface area (Å²) >= 11 is 0. The van der Waals surface area contributed by atoms with E-state index in [1.54, 1.807) is 0 Å². The van der Waals surface area contributed by atoms with Crippen LogP contribution in [0.4, 0.5) is 0 Å². The highest BCUT2D eigenvalue weighted by Gasteiger charge is 2.28. The molecular weight excluding hydrogens is 364 g/mol. The van der Waals surface area contributed by atoms with E-state index in [0.717, 1.165) is 12.8 Å². The number of aliphatic carboxylic acids is 1. The van der Waals surface area contributed by atoms with Crippen molar-refractivity contribution in [3.8, 4) is 0 Å². The van der Waals surface area contributed by atoms with Crippen molar-refractivity contribution in [2.75, 3.05) is 6.54 Å². The number of imidazole rings is 1. The number of aromatic amines is 1. The second-order valence-electron chi connectivity index (χ2n) is 7.26. The van der Waals surface area contributed by atoms with E-state index in [1.165, 1.54) is 12.5 Å². The first-order chi connectivity index (χ1) is 13.2. The number of rotatable bonds is 13.